The molecular weight excluding hydrogens is 238 g/mol. The van der Waals surface area contributed by atoms with E-state index in [2.05, 4.69) is 9.47 Å². The van der Waals surface area contributed by atoms with Crippen molar-refractivity contribution >= 4 is 41.0 Å². The first-order valence-corrected chi connectivity index (χ1v) is 4.64. The summed E-state index contributed by atoms with van der Waals surface area (Å²) in [5, 5.41) is 0. The normalized spacial score (nSPS) is 11.7. The first-order chi connectivity index (χ1) is 5.95. The minimum absolute atomic E-state index is 0.164. The van der Waals surface area contributed by atoms with E-state index in [4.69, 9.17) is 34.8 Å². The van der Waals surface area contributed by atoms with Crippen molar-refractivity contribution in [3.63, 3.8) is 0 Å². The number of hydrogen-bond acceptors (Lipinski definition) is 3. The summed E-state index contributed by atoms with van der Waals surface area (Å²) in [5.41, 5.74) is 0. The van der Waals surface area contributed by atoms with E-state index in [9.17, 15) is 4.79 Å². The molecule has 76 valence electrons. The minimum atomic E-state index is -1.37. The third kappa shape index (κ3) is 9.80. The zero-order valence-electron chi connectivity index (χ0n) is 6.93. The lowest BCUT2D eigenvalue weighted by atomic mass is 10.5. The van der Waals surface area contributed by atoms with Gasteiger partial charge in [0.05, 0.1) is 12.9 Å². The topological polar surface area (TPSA) is 35.5 Å². The molecule has 0 spiro atoms. The molecule has 0 aliphatic rings. The number of carbonyl (C=O) groups is 1. The number of alkyl halides is 3. The van der Waals surface area contributed by atoms with Crippen LogP contribution >= 0.6 is 34.8 Å². The summed E-state index contributed by atoms with van der Waals surface area (Å²) in [4.78, 5) is 10.6. The molecule has 0 aromatic heterocycles. The fourth-order valence-corrected chi connectivity index (χ4v) is 0.705. The van der Waals surface area contributed by atoms with Gasteiger partial charge in [-0.3, -0.25) is 0 Å². The van der Waals surface area contributed by atoms with Crippen LogP contribution in [-0.4, -0.2) is 16.6 Å². The standard InChI is InChI=1S/C7H9Cl3O3/c1-2-12-6(11)13-5-3-4-7(8,9)10/h3,5H,2,4H2,1H3/b5-3+. The zero-order valence-corrected chi connectivity index (χ0v) is 9.20. The molecule has 0 N–H and O–H groups in total. The number of ether oxygens (including phenoxy) is 2. The molecule has 0 radical (unpaired) electrons. The number of rotatable bonds is 3. The summed E-state index contributed by atoms with van der Waals surface area (Å²) in [7, 11) is 0. The van der Waals surface area contributed by atoms with E-state index in [0.717, 1.165) is 6.26 Å². The van der Waals surface area contributed by atoms with Crippen LogP contribution in [0.3, 0.4) is 0 Å². The summed E-state index contributed by atoms with van der Waals surface area (Å²) in [6.07, 6.45) is 1.93. The van der Waals surface area contributed by atoms with Crippen LogP contribution in [0.25, 0.3) is 0 Å². The zero-order chi connectivity index (χ0) is 10.3. The molecular formula is C7H9Cl3O3. The van der Waals surface area contributed by atoms with Gasteiger partial charge in [-0.2, -0.15) is 0 Å². The van der Waals surface area contributed by atoms with E-state index in [0.29, 0.717) is 0 Å². The Morgan fingerprint density at radius 3 is 2.54 bits per heavy atom. The molecule has 0 saturated heterocycles. The van der Waals surface area contributed by atoms with Gasteiger partial charge >= 0.3 is 6.16 Å². The molecule has 0 amide bonds. The average molecular weight is 248 g/mol. The Bertz CT molecular complexity index is 186. The minimum Gasteiger partial charge on any atom is -0.434 e. The van der Waals surface area contributed by atoms with Crippen LogP contribution < -0.4 is 0 Å². The average Bonchev–Trinajstić information content (AvgIpc) is 1.97. The van der Waals surface area contributed by atoms with Gasteiger partial charge in [0.25, 0.3) is 0 Å². The maximum atomic E-state index is 10.6. The number of hydrogen-bond donors (Lipinski definition) is 0. The van der Waals surface area contributed by atoms with Crippen LogP contribution in [0.2, 0.25) is 0 Å². The number of allylic oxidation sites excluding steroid dienone is 1. The Labute approximate surface area is 91.5 Å². The van der Waals surface area contributed by atoms with Crippen LogP contribution in [0, 0.1) is 0 Å². The van der Waals surface area contributed by atoms with Crippen LogP contribution in [0.4, 0.5) is 4.79 Å². The summed E-state index contributed by atoms with van der Waals surface area (Å²) in [6.45, 7) is 1.93. The van der Waals surface area contributed by atoms with Crippen molar-refractivity contribution in [2.24, 2.45) is 0 Å². The van der Waals surface area contributed by atoms with Gasteiger partial charge in [-0.15, -0.1) is 0 Å². The fourth-order valence-electron chi connectivity index (χ4n) is 0.437. The monoisotopic (exact) mass is 246 g/mol. The molecule has 0 fully saturated rings. The Morgan fingerprint density at radius 2 is 2.08 bits per heavy atom. The van der Waals surface area contributed by atoms with E-state index in [1.807, 2.05) is 0 Å². The van der Waals surface area contributed by atoms with Crippen molar-refractivity contribution in [1.29, 1.82) is 0 Å². The highest BCUT2D eigenvalue weighted by atomic mass is 35.6. The van der Waals surface area contributed by atoms with Gasteiger partial charge in [-0.1, -0.05) is 34.8 Å². The molecule has 0 aliphatic carbocycles. The maximum absolute atomic E-state index is 10.6. The maximum Gasteiger partial charge on any atom is 0.513 e. The molecule has 0 aromatic rings. The predicted octanol–water partition coefficient (Wildman–Crippen LogP) is 3.43. The fraction of sp³-hybridized carbons (Fsp3) is 0.571. The molecule has 13 heavy (non-hydrogen) atoms. The third-order valence-electron chi connectivity index (χ3n) is 0.872. The molecule has 0 rings (SSSR count). The smallest absolute Gasteiger partial charge is 0.434 e. The summed E-state index contributed by atoms with van der Waals surface area (Å²) < 4.78 is 7.56. The number of halogens is 3. The Kier molecular flexibility index (Phi) is 6.29. The molecule has 0 bridgehead atoms. The second-order valence-electron chi connectivity index (χ2n) is 1.99. The van der Waals surface area contributed by atoms with Gasteiger partial charge in [0.15, 0.2) is 3.79 Å². The van der Waals surface area contributed by atoms with Gasteiger partial charge in [0, 0.05) is 6.42 Å². The van der Waals surface area contributed by atoms with Crippen molar-refractivity contribution < 1.29 is 14.3 Å². The highest BCUT2D eigenvalue weighted by Gasteiger charge is 2.16. The molecule has 0 unspecified atom stereocenters. The highest BCUT2D eigenvalue weighted by Crippen LogP contribution is 2.30. The lowest BCUT2D eigenvalue weighted by Gasteiger charge is -2.05. The van der Waals surface area contributed by atoms with Crippen LogP contribution in [0.5, 0.6) is 0 Å². The highest BCUT2D eigenvalue weighted by molar-refractivity contribution is 6.67. The van der Waals surface area contributed by atoms with E-state index in [1.165, 1.54) is 6.08 Å². The quantitative estimate of drug-likeness (QED) is 0.435. The first kappa shape index (κ1) is 12.9. The summed E-state index contributed by atoms with van der Waals surface area (Å²) in [6, 6.07) is 0. The molecule has 0 aromatic carbocycles. The van der Waals surface area contributed by atoms with Crippen LogP contribution in [0.1, 0.15) is 13.3 Å². The van der Waals surface area contributed by atoms with Crippen LogP contribution in [0.15, 0.2) is 12.3 Å². The van der Waals surface area contributed by atoms with Gasteiger partial charge in [0.1, 0.15) is 0 Å². The molecule has 0 aliphatic heterocycles. The molecule has 0 heterocycles. The second-order valence-corrected chi connectivity index (χ2v) is 4.51. The lowest BCUT2D eigenvalue weighted by Crippen LogP contribution is -2.03. The van der Waals surface area contributed by atoms with E-state index in [1.54, 1.807) is 6.92 Å². The van der Waals surface area contributed by atoms with Crippen molar-refractivity contribution in [3.8, 4) is 0 Å². The largest absolute Gasteiger partial charge is 0.513 e. The first-order valence-electron chi connectivity index (χ1n) is 3.51. The van der Waals surface area contributed by atoms with E-state index < -0.39 is 9.95 Å². The Balaban J connectivity index is 3.58. The predicted molar refractivity (Wildman–Crippen MR) is 52.2 cm³/mol. The van der Waals surface area contributed by atoms with Crippen LogP contribution in [-0.2, 0) is 9.47 Å². The lowest BCUT2D eigenvalue weighted by molar-refractivity contribution is 0.0892. The number of carbonyl (C=O) groups excluding carboxylic acids is 1. The van der Waals surface area contributed by atoms with Gasteiger partial charge < -0.3 is 9.47 Å². The molecule has 0 saturated carbocycles. The third-order valence-corrected chi connectivity index (χ3v) is 1.33. The van der Waals surface area contributed by atoms with Crippen molar-refractivity contribution in [3.05, 3.63) is 12.3 Å². The van der Waals surface area contributed by atoms with Crippen molar-refractivity contribution in [1.82, 2.24) is 0 Å². The summed E-state index contributed by atoms with van der Waals surface area (Å²) in [5.74, 6) is 0. The van der Waals surface area contributed by atoms with E-state index >= 15 is 0 Å². The summed E-state index contributed by atoms with van der Waals surface area (Å²) >= 11 is 16.3. The molecule has 6 heteroatoms. The SMILES string of the molecule is CCOC(=O)O/C=C/CC(Cl)(Cl)Cl. The van der Waals surface area contributed by atoms with Crippen molar-refractivity contribution in [2.75, 3.05) is 6.61 Å². The second kappa shape index (κ2) is 6.35. The van der Waals surface area contributed by atoms with Crippen molar-refractivity contribution in [2.45, 2.75) is 17.1 Å². The Hall–Kier alpha value is -0.120. The van der Waals surface area contributed by atoms with Gasteiger partial charge in [-0.05, 0) is 13.0 Å². The van der Waals surface area contributed by atoms with Gasteiger partial charge in [-0.25, -0.2) is 4.79 Å². The Morgan fingerprint density at radius 1 is 1.46 bits per heavy atom. The molecule has 3 nitrogen and oxygen atoms in total. The van der Waals surface area contributed by atoms with Gasteiger partial charge in [0.2, 0.25) is 0 Å². The van der Waals surface area contributed by atoms with E-state index in [-0.39, 0.29) is 13.0 Å². The molecule has 0 atom stereocenters.